The van der Waals surface area contributed by atoms with E-state index in [9.17, 15) is 4.79 Å². The number of hydrogen-bond acceptors (Lipinski definition) is 6. The molecule has 4 heterocycles. The predicted molar refractivity (Wildman–Crippen MR) is 126 cm³/mol. The van der Waals surface area contributed by atoms with Crippen LogP contribution in [0.25, 0.3) is 5.82 Å². The maximum Gasteiger partial charge on any atom is 0.233 e. The number of hydrogen-bond donors (Lipinski definition) is 0. The van der Waals surface area contributed by atoms with Crippen molar-refractivity contribution in [1.82, 2.24) is 24.4 Å². The fraction of sp³-hybridized carbons (Fsp3) is 0.440. The lowest BCUT2D eigenvalue weighted by atomic mass is 9.73. The number of anilines is 1. The molecule has 0 saturated carbocycles. The quantitative estimate of drug-likeness (QED) is 0.613. The maximum absolute atomic E-state index is 13.8. The summed E-state index contributed by atoms with van der Waals surface area (Å²) >= 11 is 0. The number of piperazine rings is 1. The lowest BCUT2D eigenvalue weighted by Gasteiger charge is -2.43. The van der Waals surface area contributed by atoms with Crippen molar-refractivity contribution in [1.29, 1.82) is 0 Å². The number of amides is 1. The lowest BCUT2D eigenvalue weighted by Crippen LogP contribution is -2.56. The second kappa shape index (κ2) is 8.94. The number of aromatic nitrogens is 4. The van der Waals surface area contributed by atoms with Crippen LogP contribution in [0.5, 0.6) is 0 Å². The van der Waals surface area contributed by atoms with Crippen molar-refractivity contribution in [2.24, 2.45) is 0 Å². The number of imidazole rings is 1. The van der Waals surface area contributed by atoms with Crippen molar-refractivity contribution < 1.29 is 9.53 Å². The van der Waals surface area contributed by atoms with Crippen molar-refractivity contribution in [2.75, 3.05) is 44.3 Å². The van der Waals surface area contributed by atoms with E-state index in [0.717, 1.165) is 54.5 Å². The number of ether oxygens (including phenoxy) is 1. The van der Waals surface area contributed by atoms with Crippen LogP contribution in [0.1, 0.15) is 29.8 Å². The molecule has 172 valence electrons. The van der Waals surface area contributed by atoms with Gasteiger partial charge in [-0.2, -0.15) is 0 Å². The minimum atomic E-state index is -0.486. The highest BCUT2D eigenvalue weighted by Gasteiger charge is 2.44. The van der Waals surface area contributed by atoms with E-state index in [1.165, 1.54) is 0 Å². The number of benzene rings is 1. The minimum Gasteiger partial charge on any atom is -0.381 e. The largest absolute Gasteiger partial charge is 0.381 e. The summed E-state index contributed by atoms with van der Waals surface area (Å²) in [5, 5.41) is 0. The lowest BCUT2D eigenvalue weighted by molar-refractivity contribution is -0.141. The Morgan fingerprint density at radius 1 is 0.939 bits per heavy atom. The summed E-state index contributed by atoms with van der Waals surface area (Å²) in [6, 6.07) is 12.2. The molecule has 8 heteroatoms. The fourth-order valence-corrected chi connectivity index (χ4v) is 4.92. The summed E-state index contributed by atoms with van der Waals surface area (Å²) in [5.41, 5.74) is 2.67. The van der Waals surface area contributed by atoms with Gasteiger partial charge in [0.15, 0.2) is 0 Å². The third-order valence-corrected chi connectivity index (χ3v) is 7.11. The Kier molecular flexibility index (Phi) is 5.85. The molecule has 2 saturated heterocycles. The molecule has 33 heavy (non-hydrogen) atoms. The molecule has 2 fully saturated rings. The smallest absolute Gasteiger partial charge is 0.233 e. The van der Waals surface area contributed by atoms with Crippen LogP contribution in [0.4, 0.5) is 5.82 Å². The van der Waals surface area contributed by atoms with E-state index in [-0.39, 0.29) is 5.91 Å². The van der Waals surface area contributed by atoms with Gasteiger partial charge in [0.25, 0.3) is 0 Å². The number of nitrogens with zero attached hydrogens (tertiary/aromatic N) is 6. The molecule has 3 aromatic rings. The number of aryl methyl sites for hydroxylation is 1. The van der Waals surface area contributed by atoms with Crippen LogP contribution in [0.2, 0.25) is 0 Å². The van der Waals surface area contributed by atoms with Crippen molar-refractivity contribution in [3.63, 3.8) is 0 Å². The first-order valence-corrected chi connectivity index (χ1v) is 11.6. The summed E-state index contributed by atoms with van der Waals surface area (Å²) in [6.45, 7) is 8.11. The van der Waals surface area contributed by atoms with E-state index in [2.05, 4.69) is 32.0 Å². The molecule has 0 N–H and O–H groups in total. The highest BCUT2D eigenvalue weighted by Crippen LogP contribution is 2.37. The Morgan fingerprint density at radius 2 is 1.64 bits per heavy atom. The summed E-state index contributed by atoms with van der Waals surface area (Å²) in [5.74, 6) is 1.91. The van der Waals surface area contributed by atoms with Gasteiger partial charge in [-0.15, -0.1) is 0 Å². The Balaban J connectivity index is 1.31. The average Bonchev–Trinajstić information content (AvgIpc) is 3.22. The monoisotopic (exact) mass is 446 g/mol. The molecule has 2 aromatic heterocycles. The number of rotatable bonds is 4. The first kappa shape index (κ1) is 21.6. The van der Waals surface area contributed by atoms with Gasteiger partial charge in [-0.25, -0.2) is 15.0 Å². The van der Waals surface area contributed by atoms with Crippen molar-refractivity contribution in [2.45, 2.75) is 32.1 Å². The minimum absolute atomic E-state index is 0.226. The summed E-state index contributed by atoms with van der Waals surface area (Å²) in [4.78, 5) is 31.4. The predicted octanol–water partition coefficient (Wildman–Crippen LogP) is 2.68. The first-order chi connectivity index (χ1) is 16.1. The number of carbonyl (C=O) groups excluding carboxylic acids is 1. The molecule has 1 amide bonds. The van der Waals surface area contributed by atoms with Crippen LogP contribution in [0.3, 0.4) is 0 Å². The zero-order valence-corrected chi connectivity index (χ0v) is 19.3. The molecular weight excluding hydrogens is 416 g/mol. The van der Waals surface area contributed by atoms with E-state index in [0.29, 0.717) is 26.3 Å². The third-order valence-electron chi connectivity index (χ3n) is 7.11. The second-order valence-electron chi connectivity index (χ2n) is 8.86. The first-order valence-electron chi connectivity index (χ1n) is 11.6. The molecular formula is C25H30N6O2. The third kappa shape index (κ3) is 3.99. The normalized spacial score (nSPS) is 18.4. The summed E-state index contributed by atoms with van der Waals surface area (Å²) in [7, 11) is 0. The Bertz CT molecular complexity index is 1110. The molecule has 0 atom stereocenters. The van der Waals surface area contributed by atoms with Crippen molar-refractivity contribution >= 4 is 11.7 Å². The Labute approximate surface area is 194 Å². The molecule has 2 aliphatic rings. The van der Waals surface area contributed by atoms with Gasteiger partial charge in [0.1, 0.15) is 24.3 Å². The fourth-order valence-electron chi connectivity index (χ4n) is 4.92. The standard InChI is InChI=1S/C25H30N6O2/c1-19-20(2)31(18-28-19)23-16-22(26-17-27-23)29-10-12-30(13-11-29)24(32)25(8-14-33-15-9-25)21-6-4-3-5-7-21/h3-7,16-18H,8-15H2,1-2H3. The Hall–Kier alpha value is -3.26. The van der Waals surface area contributed by atoms with Crippen molar-refractivity contribution in [3.05, 3.63) is 66.0 Å². The molecule has 5 rings (SSSR count). The van der Waals surface area contributed by atoms with Gasteiger partial charge in [-0.05, 0) is 32.3 Å². The summed E-state index contributed by atoms with van der Waals surface area (Å²) in [6.07, 6.45) is 4.86. The van der Waals surface area contributed by atoms with E-state index in [1.54, 1.807) is 12.7 Å². The Morgan fingerprint density at radius 3 is 2.30 bits per heavy atom. The van der Waals surface area contributed by atoms with Gasteiger partial charge in [0.2, 0.25) is 5.91 Å². The van der Waals surface area contributed by atoms with Crippen molar-refractivity contribution in [3.8, 4) is 5.82 Å². The SMILES string of the molecule is Cc1ncn(-c2cc(N3CCN(C(=O)C4(c5ccccc5)CCOCC4)CC3)ncn2)c1C. The highest BCUT2D eigenvalue weighted by atomic mass is 16.5. The van der Waals surface area contributed by atoms with Gasteiger partial charge in [0, 0.05) is 51.2 Å². The topological polar surface area (TPSA) is 76.4 Å². The van der Waals surface area contributed by atoms with Gasteiger partial charge in [-0.3, -0.25) is 9.36 Å². The van der Waals surface area contributed by atoms with Crippen LogP contribution in [-0.4, -0.2) is 69.7 Å². The van der Waals surface area contributed by atoms with E-state index in [1.807, 2.05) is 47.6 Å². The van der Waals surface area contributed by atoms with E-state index >= 15 is 0 Å². The molecule has 0 bridgehead atoms. The zero-order chi connectivity index (χ0) is 22.8. The molecule has 2 aliphatic heterocycles. The molecule has 8 nitrogen and oxygen atoms in total. The van der Waals surface area contributed by atoms with Gasteiger partial charge in [-0.1, -0.05) is 30.3 Å². The second-order valence-corrected chi connectivity index (χ2v) is 8.86. The van der Waals surface area contributed by atoms with E-state index in [4.69, 9.17) is 4.74 Å². The zero-order valence-electron chi connectivity index (χ0n) is 19.3. The molecule has 0 radical (unpaired) electrons. The summed E-state index contributed by atoms with van der Waals surface area (Å²) < 4.78 is 7.60. The molecule has 1 aromatic carbocycles. The molecule has 0 unspecified atom stereocenters. The average molecular weight is 447 g/mol. The molecule has 0 spiro atoms. The van der Waals surface area contributed by atoms with Crippen LogP contribution in [0, 0.1) is 13.8 Å². The van der Waals surface area contributed by atoms with Gasteiger partial charge < -0.3 is 14.5 Å². The van der Waals surface area contributed by atoms with E-state index < -0.39 is 5.41 Å². The number of carbonyl (C=O) groups is 1. The highest BCUT2D eigenvalue weighted by molar-refractivity contribution is 5.88. The maximum atomic E-state index is 13.8. The van der Waals surface area contributed by atoms with Crippen LogP contribution >= 0.6 is 0 Å². The van der Waals surface area contributed by atoms with Crippen LogP contribution in [-0.2, 0) is 14.9 Å². The van der Waals surface area contributed by atoms with Gasteiger partial charge in [0.05, 0.1) is 11.1 Å². The van der Waals surface area contributed by atoms with Crippen LogP contribution < -0.4 is 4.90 Å². The van der Waals surface area contributed by atoms with Gasteiger partial charge >= 0.3 is 0 Å². The molecule has 0 aliphatic carbocycles. The van der Waals surface area contributed by atoms with Crippen LogP contribution in [0.15, 0.2) is 49.1 Å².